The van der Waals surface area contributed by atoms with Gasteiger partial charge in [-0.1, -0.05) is 6.07 Å². The van der Waals surface area contributed by atoms with E-state index in [2.05, 4.69) is 4.90 Å². The molecule has 0 radical (unpaired) electrons. The highest BCUT2D eigenvalue weighted by Crippen LogP contribution is 2.22. The Morgan fingerprint density at radius 3 is 2.76 bits per heavy atom. The van der Waals surface area contributed by atoms with Crippen LogP contribution in [-0.4, -0.2) is 61.1 Å². The lowest BCUT2D eigenvalue weighted by Gasteiger charge is -2.32. The molecule has 0 aromatic heterocycles. The summed E-state index contributed by atoms with van der Waals surface area (Å²) in [6.07, 6.45) is 1.04. The smallest absolute Gasteiger partial charge is 0.255 e. The number of nitrogens with two attached hydrogens (primary N) is 1. The number of nitrogens with zero attached hydrogens (tertiary/aromatic N) is 2. The number of hydrogen-bond acceptors (Lipinski definition) is 4. The fourth-order valence-corrected chi connectivity index (χ4v) is 3.21. The van der Waals surface area contributed by atoms with E-state index in [0.29, 0.717) is 17.3 Å². The standard InChI is InChI=1S/C16H23N3O2/c1-12-2-3-14(15(17)10-12)16(20)19-5-4-13(11-19)18-6-8-21-9-7-18/h2-3,10,13H,4-9,11,17H2,1H3. The third-order valence-corrected chi connectivity index (χ3v) is 4.45. The Kier molecular flexibility index (Phi) is 4.12. The minimum atomic E-state index is 0.0586. The molecule has 2 N–H and O–H groups in total. The molecule has 2 heterocycles. The van der Waals surface area contributed by atoms with Crippen LogP contribution >= 0.6 is 0 Å². The van der Waals surface area contributed by atoms with Crippen molar-refractivity contribution in [2.24, 2.45) is 0 Å². The molecule has 2 saturated heterocycles. The average molecular weight is 289 g/mol. The number of anilines is 1. The van der Waals surface area contributed by atoms with E-state index in [-0.39, 0.29) is 5.91 Å². The summed E-state index contributed by atoms with van der Waals surface area (Å²) in [7, 11) is 0. The second-order valence-corrected chi connectivity index (χ2v) is 5.93. The van der Waals surface area contributed by atoms with Crippen molar-refractivity contribution in [2.75, 3.05) is 45.1 Å². The lowest BCUT2D eigenvalue weighted by atomic mass is 10.1. The maximum atomic E-state index is 12.6. The van der Waals surface area contributed by atoms with Gasteiger partial charge in [-0.25, -0.2) is 0 Å². The number of carbonyl (C=O) groups excluding carboxylic acids is 1. The van der Waals surface area contributed by atoms with E-state index in [1.54, 1.807) is 0 Å². The van der Waals surface area contributed by atoms with Gasteiger partial charge in [0.25, 0.3) is 5.91 Å². The van der Waals surface area contributed by atoms with Crippen LogP contribution in [0.25, 0.3) is 0 Å². The van der Waals surface area contributed by atoms with E-state index in [1.807, 2.05) is 30.0 Å². The van der Waals surface area contributed by atoms with Crippen molar-refractivity contribution < 1.29 is 9.53 Å². The van der Waals surface area contributed by atoms with Gasteiger partial charge in [-0.2, -0.15) is 0 Å². The van der Waals surface area contributed by atoms with Gasteiger partial charge >= 0.3 is 0 Å². The average Bonchev–Trinajstić information content (AvgIpc) is 2.97. The van der Waals surface area contributed by atoms with Crippen LogP contribution in [-0.2, 0) is 4.74 Å². The molecular weight excluding hydrogens is 266 g/mol. The summed E-state index contributed by atoms with van der Waals surface area (Å²) in [5, 5.41) is 0. The van der Waals surface area contributed by atoms with Crippen molar-refractivity contribution in [3.8, 4) is 0 Å². The van der Waals surface area contributed by atoms with Gasteiger partial charge in [0.05, 0.1) is 18.8 Å². The molecule has 0 saturated carbocycles. The number of morpholine rings is 1. The Bertz CT molecular complexity index is 526. The van der Waals surface area contributed by atoms with Gasteiger partial charge in [0.1, 0.15) is 0 Å². The predicted molar refractivity (Wildman–Crippen MR) is 82.3 cm³/mol. The van der Waals surface area contributed by atoms with Crippen LogP contribution in [0.1, 0.15) is 22.3 Å². The second kappa shape index (κ2) is 6.03. The third kappa shape index (κ3) is 3.04. The Morgan fingerprint density at radius 1 is 1.29 bits per heavy atom. The van der Waals surface area contributed by atoms with Gasteiger partial charge < -0.3 is 15.4 Å². The van der Waals surface area contributed by atoms with Crippen LogP contribution in [0.5, 0.6) is 0 Å². The highest BCUT2D eigenvalue weighted by molar-refractivity contribution is 5.99. The monoisotopic (exact) mass is 289 g/mol. The van der Waals surface area contributed by atoms with Crippen molar-refractivity contribution >= 4 is 11.6 Å². The molecule has 2 fully saturated rings. The van der Waals surface area contributed by atoms with Crippen LogP contribution in [0.15, 0.2) is 18.2 Å². The van der Waals surface area contributed by atoms with Crippen LogP contribution in [0.2, 0.25) is 0 Å². The molecule has 3 rings (SSSR count). The van der Waals surface area contributed by atoms with E-state index in [0.717, 1.165) is 51.4 Å². The first-order valence-electron chi connectivity index (χ1n) is 7.62. The summed E-state index contributed by atoms with van der Waals surface area (Å²) in [6, 6.07) is 6.11. The van der Waals surface area contributed by atoms with Crippen molar-refractivity contribution in [2.45, 2.75) is 19.4 Å². The molecule has 114 valence electrons. The van der Waals surface area contributed by atoms with Crippen LogP contribution in [0.3, 0.4) is 0 Å². The fraction of sp³-hybridized carbons (Fsp3) is 0.562. The number of hydrogen-bond donors (Lipinski definition) is 1. The summed E-state index contributed by atoms with van der Waals surface area (Å²) >= 11 is 0. The first kappa shape index (κ1) is 14.4. The number of rotatable bonds is 2. The number of benzene rings is 1. The van der Waals surface area contributed by atoms with Crippen LogP contribution in [0, 0.1) is 6.92 Å². The van der Waals surface area contributed by atoms with E-state index in [4.69, 9.17) is 10.5 Å². The van der Waals surface area contributed by atoms with Crippen molar-refractivity contribution in [3.63, 3.8) is 0 Å². The molecule has 0 spiro atoms. The number of likely N-dealkylation sites (tertiary alicyclic amines) is 1. The minimum Gasteiger partial charge on any atom is -0.398 e. The Balaban J connectivity index is 1.66. The number of aryl methyl sites for hydroxylation is 1. The number of amides is 1. The van der Waals surface area contributed by atoms with Crippen molar-refractivity contribution in [1.29, 1.82) is 0 Å². The molecule has 2 aliphatic heterocycles. The summed E-state index contributed by atoms with van der Waals surface area (Å²) in [5.41, 5.74) is 8.28. The Morgan fingerprint density at radius 2 is 2.05 bits per heavy atom. The third-order valence-electron chi connectivity index (χ3n) is 4.45. The topological polar surface area (TPSA) is 58.8 Å². The summed E-state index contributed by atoms with van der Waals surface area (Å²) in [4.78, 5) is 17.0. The SMILES string of the molecule is Cc1ccc(C(=O)N2CCC(N3CCOCC3)C2)c(N)c1. The quantitative estimate of drug-likeness (QED) is 0.829. The molecule has 1 atom stereocenters. The maximum Gasteiger partial charge on any atom is 0.255 e. The molecule has 1 unspecified atom stereocenters. The lowest BCUT2D eigenvalue weighted by Crippen LogP contribution is -2.45. The molecular formula is C16H23N3O2. The van der Waals surface area contributed by atoms with E-state index >= 15 is 0 Å². The minimum absolute atomic E-state index is 0.0586. The Labute approximate surface area is 125 Å². The molecule has 0 aliphatic carbocycles. The summed E-state index contributed by atoms with van der Waals surface area (Å²) in [5.74, 6) is 0.0586. The normalized spacial score (nSPS) is 23.5. The van der Waals surface area contributed by atoms with Gasteiger partial charge in [0.15, 0.2) is 0 Å². The largest absolute Gasteiger partial charge is 0.398 e. The molecule has 2 aliphatic rings. The zero-order valence-electron chi connectivity index (χ0n) is 12.5. The van der Waals surface area contributed by atoms with Gasteiger partial charge in [0.2, 0.25) is 0 Å². The lowest BCUT2D eigenvalue weighted by molar-refractivity contribution is 0.0185. The van der Waals surface area contributed by atoms with Gasteiger partial charge in [-0.15, -0.1) is 0 Å². The molecule has 1 aromatic rings. The molecule has 0 bridgehead atoms. The second-order valence-electron chi connectivity index (χ2n) is 5.93. The zero-order chi connectivity index (χ0) is 14.8. The van der Waals surface area contributed by atoms with E-state index in [1.165, 1.54) is 0 Å². The molecule has 5 nitrogen and oxygen atoms in total. The number of ether oxygens (including phenoxy) is 1. The predicted octanol–water partition coefficient (Wildman–Crippen LogP) is 1.12. The summed E-state index contributed by atoms with van der Waals surface area (Å²) in [6.45, 7) is 7.14. The molecule has 1 amide bonds. The van der Waals surface area contributed by atoms with Gasteiger partial charge in [-0.05, 0) is 31.0 Å². The molecule has 21 heavy (non-hydrogen) atoms. The first-order valence-corrected chi connectivity index (χ1v) is 7.62. The van der Waals surface area contributed by atoms with Crippen molar-refractivity contribution in [1.82, 2.24) is 9.80 Å². The first-order chi connectivity index (χ1) is 10.1. The highest BCUT2D eigenvalue weighted by Gasteiger charge is 2.31. The van der Waals surface area contributed by atoms with E-state index in [9.17, 15) is 4.79 Å². The van der Waals surface area contributed by atoms with E-state index < -0.39 is 0 Å². The van der Waals surface area contributed by atoms with Crippen LogP contribution < -0.4 is 5.73 Å². The number of carbonyl (C=O) groups is 1. The fourth-order valence-electron chi connectivity index (χ4n) is 3.21. The Hall–Kier alpha value is -1.59. The molecule has 1 aromatic carbocycles. The van der Waals surface area contributed by atoms with Crippen molar-refractivity contribution in [3.05, 3.63) is 29.3 Å². The molecule has 5 heteroatoms. The number of nitrogen functional groups attached to an aromatic ring is 1. The van der Waals surface area contributed by atoms with Crippen LogP contribution in [0.4, 0.5) is 5.69 Å². The highest BCUT2D eigenvalue weighted by atomic mass is 16.5. The summed E-state index contributed by atoms with van der Waals surface area (Å²) < 4.78 is 5.39. The van der Waals surface area contributed by atoms with Gasteiger partial charge in [-0.3, -0.25) is 9.69 Å². The van der Waals surface area contributed by atoms with Gasteiger partial charge in [0, 0.05) is 37.9 Å². The zero-order valence-corrected chi connectivity index (χ0v) is 12.5. The maximum absolute atomic E-state index is 12.6.